The van der Waals surface area contributed by atoms with Crippen LogP contribution in [0.3, 0.4) is 0 Å². The van der Waals surface area contributed by atoms with Gasteiger partial charge in [0.2, 0.25) is 0 Å². The van der Waals surface area contributed by atoms with Crippen molar-refractivity contribution in [2.24, 2.45) is 0 Å². The first kappa shape index (κ1) is 14.8. The van der Waals surface area contributed by atoms with Crippen molar-refractivity contribution >= 4 is 5.78 Å². The Labute approximate surface area is 108 Å². The second-order valence-electron chi connectivity index (χ2n) is 4.79. The lowest BCUT2D eigenvalue weighted by Gasteiger charge is -2.18. The van der Waals surface area contributed by atoms with Crippen molar-refractivity contribution in [1.82, 2.24) is 9.80 Å². The molecule has 3 nitrogen and oxygen atoms in total. The summed E-state index contributed by atoms with van der Waals surface area (Å²) in [7, 11) is 6.05. The van der Waals surface area contributed by atoms with Crippen LogP contribution in [-0.2, 0) is 0 Å². The third kappa shape index (κ3) is 5.38. The number of likely N-dealkylation sites (N-methyl/N-ethyl adjacent to an activating group) is 2. The summed E-state index contributed by atoms with van der Waals surface area (Å²) in [6.45, 7) is 2.63. The first-order valence-corrected chi connectivity index (χ1v) is 6.11. The first-order chi connectivity index (χ1) is 8.49. The molecule has 0 saturated heterocycles. The van der Waals surface area contributed by atoms with Crippen LogP contribution in [0.1, 0.15) is 16.8 Å². The molecule has 1 rings (SSSR count). The predicted molar refractivity (Wildman–Crippen MR) is 71.4 cm³/mol. The zero-order chi connectivity index (χ0) is 13.5. The Kier molecular flexibility index (Phi) is 5.95. The highest BCUT2D eigenvalue weighted by molar-refractivity contribution is 5.96. The topological polar surface area (TPSA) is 23.6 Å². The van der Waals surface area contributed by atoms with Crippen LogP contribution in [-0.4, -0.2) is 56.4 Å². The third-order valence-electron chi connectivity index (χ3n) is 2.82. The Balaban J connectivity index is 2.34. The summed E-state index contributed by atoms with van der Waals surface area (Å²) in [5.41, 5.74) is 0.581. The minimum absolute atomic E-state index is 0.0618. The fourth-order valence-corrected chi connectivity index (χ4v) is 1.56. The zero-order valence-electron chi connectivity index (χ0n) is 11.3. The third-order valence-corrected chi connectivity index (χ3v) is 2.82. The van der Waals surface area contributed by atoms with E-state index in [0.717, 1.165) is 19.6 Å². The van der Waals surface area contributed by atoms with Crippen molar-refractivity contribution in [1.29, 1.82) is 0 Å². The van der Waals surface area contributed by atoms with Crippen LogP contribution in [0.5, 0.6) is 0 Å². The molecule has 0 aliphatic heterocycles. The van der Waals surface area contributed by atoms with Gasteiger partial charge < -0.3 is 9.80 Å². The molecule has 1 aromatic rings. The van der Waals surface area contributed by atoms with Gasteiger partial charge in [-0.1, -0.05) is 0 Å². The maximum Gasteiger partial charge on any atom is 0.164 e. The van der Waals surface area contributed by atoms with Crippen LogP contribution < -0.4 is 0 Å². The lowest BCUT2D eigenvalue weighted by atomic mass is 10.1. The van der Waals surface area contributed by atoms with Gasteiger partial charge in [0.05, 0.1) is 0 Å². The average molecular weight is 252 g/mol. The highest BCUT2D eigenvalue weighted by atomic mass is 19.1. The fraction of sp³-hybridized carbons (Fsp3) is 0.500. The zero-order valence-corrected chi connectivity index (χ0v) is 11.3. The quantitative estimate of drug-likeness (QED) is 0.692. The number of hydrogen-bond acceptors (Lipinski definition) is 3. The minimum atomic E-state index is -0.311. The highest BCUT2D eigenvalue weighted by Gasteiger charge is 2.07. The van der Waals surface area contributed by atoms with E-state index in [9.17, 15) is 9.18 Å². The second kappa shape index (κ2) is 7.24. The smallest absolute Gasteiger partial charge is 0.164 e. The predicted octanol–water partition coefficient (Wildman–Crippen LogP) is 1.89. The van der Waals surface area contributed by atoms with Gasteiger partial charge in [-0.05, 0) is 45.4 Å². The number of nitrogens with zero attached hydrogens (tertiary/aromatic N) is 2. The molecule has 0 amide bonds. The summed E-state index contributed by atoms with van der Waals surface area (Å²) in [4.78, 5) is 16.1. The van der Waals surface area contributed by atoms with Gasteiger partial charge in [-0.25, -0.2) is 4.39 Å². The molecule has 0 bridgehead atoms. The summed E-state index contributed by atoms with van der Waals surface area (Å²) in [6.07, 6.45) is 0.468. The molecule has 0 radical (unpaired) electrons. The van der Waals surface area contributed by atoms with Gasteiger partial charge in [0.15, 0.2) is 5.78 Å². The molecule has 0 atom stereocenters. The maximum atomic E-state index is 12.7. The Morgan fingerprint density at radius 3 is 2.22 bits per heavy atom. The largest absolute Gasteiger partial charge is 0.308 e. The second-order valence-corrected chi connectivity index (χ2v) is 4.79. The highest BCUT2D eigenvalue weighted by Crippen LogP contribution is 2.06. The Hall–Kier alpha value is -1.26. The molecule has 0 aromatic heterocycles. The molecule has 0 spiro atoms. The molecule has 0 unspecified atom stereocenters. The van der Waals surface area contributed by atoms with E-state index < -0.39 is 0 Å². The molecule has 0 aliphatic rings. The van der Waals surface area contributed by atoms with E-state index in [1.54, 1.807) is 0 Å². The average Bonchev–Trinajstić information content (AvgIpc) is 2.34. The van der Waals surface area contributed by atoms with Crippen LogP contribution in [0, 0.1) is 5.82 Å². The minimum Gasteiger partial charge on any atom is -0.308 e. The number of Topliss-reactive ketones (excluding diaryl/α,β-unsaturated/α-hetero) is 1. The number of benzene rings is 1. The molecule has 18 heavy (non-hydrogen) atoms. The number of rotatable bonds is 7. The van der Waals surface area contributed by atoms with Crippen molar-refractivity contribution < 1.29 is 9.18 Å². The van der Waals surface area contributed by atoms with Crippen LogP contribution in [0.15, 0.2) is 24.3 Å². The number of halogens is 1. The van der Waals surface area contributed by atoms with E-state index in [0.29, 0.717) is 12.0 Å². The van der Waals surface area contributed by atoms with E-state index >= 15 is 0 Å². The van der Waals surface area contributed by atoms with Crippen LogP contribution >= 0.6 is 0 Å². The lowest BCUT2D eigenvalue weighted by molar-refractivity contribution is 0.0968. The molecule has 1 aromatic carbocycles. The summed E-state index contributed by atoms with van der Waals surface area (Å²) in [5, 5.41) is 0. The molecule has 0 N–H and O–H groups in total. The molecular formula is C14H21FN2O. The maximum absolute atomic E-state index is 12.7. The van der Waals surface area contributed by atoms with Crippen molar-refractivity contribution in [3.05, 3.63) is 35.6 Å². The van der Waals surface area contributed by atoms with Crippen molar-refractivity contribution in [3.8, 4) is 0 Å². The molecule has 0 saturated carbocycles. The van der Waals surface area contributed by atoms with Gasteiger partial charge >= 0.3 is 0 Å². The summed E-state index contributed by atoms with van der Waals surface area (Å²) >= 11 is 0. The number of hydrogen-bond donors (Lipinski definition) is 0. The summed E-state index contributed by atoms with van der Waals surface area (Å²) in [6, 6.07) is 5.72. The molecule has 100 valence electrons. The summed E-state index contributed by atoms with van der Waals surface area (Å²) in [5.74, 6) is -0.249. The Morgan fingerprint density at radius 1 is 1.06 bits per heavy atom. The van der Waals surface area contributed by atoms with Gasteiger partial charge in [-0.15, -0.1) is 0 Å². The number of carbonyl (C=O) groups excluding carboxylic acids is 1. The van der Waals surface area contributed by atoms with Gasteiger partial charge in [-0.2, -0.15) is 0 Å². The first-order valence-electron chi connectivity index (χ1n) is 6.11. The van der Waals surface area contributed by atoms with E-state index in [1.807, 2.05) is 21.1 Å². The molecule has 0 fully saturated rings. The monoisotopic (exact) mass is 252 g/mol. The standard InChI is InChI=1S/C14H21FN2O/c1-16(2)10-11-17(3)9-8-14(18)12-4-6-13(15)7-5-12/h4-7H,8-11H2,1-3H3. The van der Waals surface area contributed by atoms with E-state index in [-0.39, 0.29) is 11.6 Å². The van der Waals surface area contributed by atoms with Gasteiger partial charge in [-0.3, -0.25) is 4.79 Å². The Morgan fingerprint density at radius 2 is 1.67 bits per heavy atom. The van der Waals surface area contributed by atoms with Crippen LogP contribution in [0.2, 0.25) is 0 Å². The van der Waals surface area contributed by atoms with Gasteiger partial charge in [0.25, 0.3) is 0 Å². The van der Waals surface area contributed by atoms with Gasteiger partial charge in [0.1, 0.15) is 5.82 Å². The fourth-order valence-electron chi connectivity index (χ4n) is 1.56. The van der Waals surface area contributed by atoms with Gasteiger partial charge in [0, 0.05) is 31.6 Å². The van der Waals surface area contributed by atoms with E-state index in [4.69, 9.17) is 0 Å². The SMILES string of the molecule is CN(C)CCN(C)CCC(=O)c1ccc(F)cc1. The van der Waals surface area contributed by atoms with Crippen LogP contribution in [0.25, 0.3) is 0 Å². The Bertz CT molecular complexity index is 376. The molecule has 4 heteroatoms. The van der Waals surface area contributed by atoms with Crippen LogP contribution in [0.4, 0.5) is 4.39 Å². The number of ketones is 1. The van der Waals surface area contributed by atoms with Crippen molar-refractivity contribution in [2.75, 3.05) is 40.8 Å². The number of carbonyl (C=O) groups is 1. The lowest BCUT2D eigenvalue weighted by Crippen LogP contribution is -2.30. The van der Waals surface area contributed by atoms with E-state index in [2.05, 4.69) is 9.80 Å². The normalized spacial score (nSPS) is 11.2. The van der Waals surface area contributed by atoms with E-state index in [1.165, 1.54) is 24.3 Å². The van der Waals surface area contributed by atoms with Crippen molar-refractivity contribution in [2.45, 2.75) is 6.42 Å². The molecule has 0 heterocycles. The van der Waals surface area contributed by atoms with Crippen molar-refractivity contribution in [3.63, 3.8) is 0 Å². The molecule has 0 aliphatic carbocycles. The molecular weight excluding hydrogens is 231 g/mol. The summed E-state index contributed by atoms with van der Waals surface area (Å²) < 4.78 is 12.7.